The Morgan fingerprint density at radius 2 is 1.78 bits per heavy atom. The second kappa shape index (κ2) is 8.55. The van der Waals surface area contributed by atoms with E-state index in [1.807, 2.05) is 0 Å². The molecule has 0 saturated heterocycles. The Balaban J connectivity index is 1.68. The van der Waals surface area contributed by atoms with Gasteiger partial charge in [0.2, 0.25) is 0 Å². The minimum absolute atomic E-state index is 0.174. The monoisotopic (exact) mass is 493 g/mol. The zero-order chi connectivity index (χ0) is 23.9. The fourth-order valence-electron chi connectivity index (χ4n) is 3.57. The topological polar surface area (TPSA) is 72.5 Å². The fourth-order valence-corrected chi connectivity index (χ4v) is 5.52. The number of benzene rings is 2. The van der Waals surface area contributed by atoms with E-state index in [1.165, 1.54) is 38.1 Å². The second-order valence-electron chi connectivity index (χ2n) is 8.10. The van der Waals surface area contributed by atoms with Gasteiger partial charge in [-0.2, -0.15) is 0 Å². The summed E-state index contributed by atoms with van der Waals surface area (Å²) in [4.78, 5) is 12.0. The predicted molar refractivity (Wildman–Crippen MR) is 110 cm³/mol. The summed E-state index contributed by atoms with van der Waals surface area (Å²) in [5.74, 6) is -2.08. The van der Waals surface area contributed by atoms with Crippen molar-refractivity contribution in [3.8, 4) is 5.75 Å². The van der Waals surface area contributed by atoms with Crippen LogP contribution in [0.1, 0.15) is 37.0 Å². The Kier molecular flexibility index (Phi) is 6.50. The van der Waals surface area contributed by atoms with Crippen LogP contribution in [0.2, 0.25) is 5.02 Å². The highest BCUT2D eigenvalue weighted by Crippen LogP contribution is 2.44. The average Bonchev–Trinajstić information content (AvgIpc) is 2.64. The summed E-state index contributed by atoms with van der Waals surface area (Å²) in [5, 5.41) is 2.56. The van der Waals surface area contributed by atoms with E-state index in [0.717, 1.165) is 18.2 Å². The first-order chi connectivity index (χ1) is 14.7. The first-order valence-electron chi connectivity index (χ1n) is 9.57. The first-order valence-corrected chi connectivity index (χ1v) is 11.4. The Labute approximate surface area is 187 Å². The van der Waals surface area contributed by atoms with E-state index >= 15 is 0 Å². The second-order valence-corrected chi connectivity index (χ2v) is 11.0. The van der Waals surface area contributed by atoms with Gasteiger partial charge < -0.3 is 10.1 Å². The van der Waals surface area contributed by atoms with Gasteiger partial charge in [-0.3, -0.25) is 4.79 Å². The van der Waals surface area contributed by atoms with Gasteiger partial charge in [0.15, 0.2) is 9.84 Å². The van der Waals surface area contributed by atoms with Crippen LogP contribution < -0.4 is 10.1 Å². The minimum atomic E-state index is -4.94. The van der Waals surface area contributed by atoms with Crippen molar-refractivity contribution in [2.45, 2.75) is 48.7 Å². The van der Waals surface area contributed by atoms with Gasteiger partial charge >= 0.3 is 6.36 Å². The molecule has 1 aliphatic rings. The Morgan fingerprint density at radius 3 is 2.38 bits per heavy atom. The third-order valence-corrected chi connectivity index (χ3v) is 8.56. The predicted octanol–water partition coefficient (Wildman–Crippen LogP) is 5.14. The lowest BCUT2D eigenvalue weighted by Gasteiger charge is -2.45. The van der Waals surface area contributed by atoms with Crippen molar-refractivity contribution in [2.24, 2.45) is 5.92 Å². The zero-order valence-corrected chi connectivity index (χ0v) is 18.6. The minimum Gasteiger partial charge on any atom is -0.406 e. The molecule has 32 heavy (non-hydrogen) atoms. The van der Waals surface area contributed by atoms with Crippen LogP contribution in [0.25, 0.3) is 0 Å². The highest BCUT2D eigenvalue weighted by molar-refractivity contribution is 7.92. The summed E-state index contributed by atoms with van der Waals surface area (Å²) in [6.45, 7) is 3.00. The van der Waals surface area contributed by atoms with Gasteiger partial charge in [-0.05, 0) is 69.0 Å². The number of hydrogen-bond acceptors (Lipinski definition) is 4. The lowest BCUT2D eigenvalue weighted by Crippen LogP contribution is -2.53. The van der Waals surface area contributed by atoms with E-state index in [1.54, 1.807) is 0 Å². The number of sulfone groups is 1. The maximum absolute atomic E-state index is 13.3. The molecule has 0 atom stereocenters. The summed E-state index contributed by atoms with van der Waals surface area (Å²) >= 11 is 5.69. The largest absolute Gasteiger partial charge is 0.573 e. The molecule has 5 nitrogen and oxygen atoms in total. The average molecular weight is 494 g/mol. The lowest BCUT2D eigenvalue weighted by atomic mass is 9.73. The molecule has 0 radical (unpaired) electrons. The lowest BCUT2D eigenvalue weighted by molar-refractivity contribution is -0.274. The van der Waals surface area contributed by atoms with Gasteiger partial charge in [0.25, 0.3) is 5.91 Å². The maximum Gasteiger partial charge on any atom is 0.573 e. The molecule has 1 amide bonds. The number of nitrogens with one attached hydrogen (secondary N) is 1. The summed E-state index contributed by atoms with van der Waals surface area (Å²) in [6, 6.07) is 7.54. The molecule has 1 saturated carbocycles. The number of halogens is 5. The molecule has 174 valence electrons. The van der Waals surface area contributed by atoms with Crippen LogP contribution in [0, 0.1) is 11.7 Å². The van der Waals surface area contributed by atoms with Crippen molar-refractivity contribution < 1.29 is 35.5 Å². The van der Waals surface area contributed by atoms with Gasteiger partial charge in [-0.15, -0.1) is 13.2 Å². The number of carbonyl (C=O) groups is 1. The SMILES string of the molecule is CC(C)([C@H]1C[C@H](NC(=O)c2ccc(F)c(Cl)c2)C1)S(=O)(=O)c1cccc(OC(F)(F)F)c1. The Bertz CT molecular complexity index is 1130. The molecule has 1 N–H and O–H groups in total. The summed E-state index contributed by atoms with van der Waals surface area (Å²) in [6.07, 6.45) is -4.23. The number of carbonyl (C=O) groups excluding carboxylic acids is 1. The molecular weight excluding hydrogens is 474 g/mol. The molecule has 2 aromatic carbocycles. The standard InChI is InChI=1S/C21H20ClF4NO4S/c1-20(2,32(29,30)16-5-3-4-15(11-16)31-21(24,25)26)13-9-14(10-13)27-19(28)12-6-7-18(23)17(22)8-12/h3-8,11,13-14H,9-10H2,1-2H3,(H,27,28)/t13-,14-. The first kappa shape index (κ1) is 24.3. The highest BCUT2D eigenvalue weighted by atomic mass is 35.5. The molecule has 3 rings (SSSR count). The Hall–Kier alpha value is -2.33. The van der Waals surface area contributed by atoms with Gasteiger partial charge in [-0.25, -0.2) is 12.8 Å². The van der Waals surface area contributed by atoms with Gasteiger partial charge in [0.1, 0.15) is 11.6 Å². The van der Waals surface area contributed by atoms with Crippen LogP contribution in [-0.4, -0.2) is 31.5 Å². The van der Waals surface area contributed by atoms with Crippen molar-refractivity contribution in [1.82, 2.24) is 5.32 Å². The normalized spacial score (nSPS) is 19.2. The third kappa shape index (κ3) is 5.01. The van der Waals surface area contributed by atoms with E-state index < -0.39 is 38.4 Å². The van der Waals surface area contributed by atoms with Crippen molar-refractivity contribution in [2.75, 3.05) is 0 Å². The van der Waals surface area contributed by atoms with E-state index in [2.05, 4.69) is 10.1 Å². The molecule has 0 unspecified atom stereocenters. The van der Waals surface area contributed by atoms with Crippen LogP contribution in [-0.2, 0) is 9.84 Å². The molecule has 0 bridgehead atoms. The number of rotatable bonds is 6. The molecular formula is C21H20ClF4NO4S. The van der Waals surface area contributed by atoms with Gasteiger partial charge in [0, 0.05) is 11.6 Å². The van der Waals surface area contributed by atoms with Crippen LogP contribution in [0.5, 0.6) is 5.75 Å². The fraction of sp³-hybridized carbons (Fsp3) is 0.381. The Morgan fingerprint density at radius 1 is 1.12 bits per heavy atom. The van der Waals surface area contributed by atoms with E-state index in [-0.39, 0.29) is 27.4 Å². The van der Waals surface area contributed by atoms with E-state index in [9.17, 15) is 30.8 Å². The van der Waals surface area contributed by atoms with Crippen LogP contribution in [0.4, 0.5) is 17.6 Å². The molecule has 0 spiro atoms. The van der Waals surface area contributed by atoms with Crippen LogP contribution in [0.15, 0.2) is 47.4 Å². The number of alkyl halides is 3. The summed E-state index contributed by atoms with van der Waals surface area (Å²) < 4.78 is 79.5. The molecule has 1 fully saturated rings. The molecule has 0 aliphatic heterocycles. The van der Waals surface area contributed by atoms with Crippen LogP contribution >= 0.6 is 11.6 Å². The van der Waals surface area contributed by atoms with Crippen molar-refractivity contribution >= 4 is 27.3 Å². The summed E-state index contributed by atoms with van der Waals surface area (Å²) in [7, 11) is -4.01. The van der Waals surface area contributed by atoms with E-state index in [0.29, 0.717) is 12.8 Å². The maximum atomic E-state index is 13.3. The molecule has 1 aliphatic carbocycles. The van der Waals surface area contributed by atoms with E-state index in [4.69, 9.17) is 11.6 Å². The number of amides is 1. The van der Waals surface area contributed by atoms with Gasteiger partial charge in [-0.1, -0.05) is 17.7 Å². The highest BCUT2D eigenvalue weighted by Gasteiger charge is 2.49. The quantitative estimate of drug-likeness (QED) is 0.566. The molecule has 2 aromatic rings. The van der Waals surface area contributed by atoms with Crippen LogP contribution in [0.3, 0.4) is 0 Å². The third-order valence-electron chi connectivity index (χ3n) is 5.68. The zero-order valence-electron chi connectivity index (χ0n) is 17.0. The number of hydrogen-bond donors (Lipinski definition) is 1. The van der Waals surface area contributed by atoms with Gasteiger partial charge in [0.05, 0.1) is 14.7 Å². The molecule has 11 heteroatoms. The van der Waals surface area contributed by atoms with Crippen molar-refractivity contribution in [3.63, 3.8) is 0 Å². The van der Waals surface area contributed by atoms with Crippen molar-refractivity contribution in [1.29, 1.82) is 0 Å². The number of ether oxygens (including phenoxy) is 1. The molecule has 0 heterocycles. The molecule has 0 aromatic heterocycles. The smallest absolute Gasteiger partial charge is 0.406 e. The summed E-state index contributed by atoms with van der Waals surface area (Å²) in [5.41, 5.74) is 0.174. The van der Waals surface area contributed by atoms with Crippen molar-refractivity contribution in [3.05, 3.63) is 58.9 Å².